The van der Waals surface area contributed by atoms with E-state index in [1.165, 1.54) is 45.2 Å². The molecule has 0 aromatic carbocycles. The van der Waals surface area contributed by atoms with Crippen LogP contribution in [0.15, 0.2) is 30.6 Å². The summed E-state index contributed by atoms with van der Waals surface area (Å²) in [6.45, 7) is 3.20. The van der Waals surface area contributed by atoms with Crippen molar-refractivity contribution in [2.45, 2.75) is 38.1 Å². The Kier molecular flexibility index (Phi) is 4.78. The molecule has 0 saturated carbocycles. The van der Waals surface area contributed by atoms with Crippen LogP contribution in [0.25, 0.3) is 11.3 Å². The molecule has 6 nitrogen and oxygen atoms in total. The van der Waals surface area contributed by atoms with Crippen LogP contribution in [0.1, 0.15) is 42.6 Å². The van der Waals surface area contributed by atoms with E-state index in [4.69, 9.17) is 0 Å². The van der Waals surface area contributed by atoms with Gasteiger partial charge < -0.3 is 10.2 Å². The van der Waals surface area contributed by atoms with E-state index in [9.17, 15) is 4.79 Å². The number of rotatable bonds is 4. The quantitative estimate of drug-likeness (QED) is 0.897. The highest BCUT2D eigenvalue weighted by Gasteiger charge is 2.33. The van der Waals surface area contributed by atoms with Gasteiger partial charge in [-0.05, 0) is 62.9 Å². The van der Waals surface area contributed by atoms with Gasteiger partial charge >= 0.3 is 0 Å². The lowest BCUT2D eigenvalue weighted by Gasteiger charge is -2.44. The predicted octanol–water partition coefficient (Wildman–Crippen LogP) is 2.47. The molecule has 2 fully saturated rings. The van der Waals surface area contributed by atoms with Crippen LogP contribution >= 0.6 is 0 Å². The van der Waals surface area contributed by atoms with Crippen LogP contribution in [-0.2, 0) is 0 Å². The normalized spacial score (nSPS) is 23.8. The lowest BCUT2D eigenvalue weighted by molar-refractivity contribution is 0.0575. The molecule has 2 atom stereocenters. The lowest BCUT2D eigenvalue weighted by atomic mass is 9.83. The molecule has 0 radical (unpaired) electrons. The highest BCUT2D eigenvalue weighted by atomic mass is 16.1. The first-order chi connectivity index (χ1) is 12.3. The number of hydrogen-bond donors (Lipinski definition) is 2. The summed E-state index contributed by atoms with van der Waals surface area (Å²) in [6.07, 6.45) is 9.84. The first-order valence-electron chi connectivity index (χ1n) is 9.29. The third-order valence-electron chi connectivity index (χ3n) is 5.53. The molecule has 2 aromatic rings. The SMILES string of the molecule is O=C(NC[C@@H]1CCCN2CCCC[C@H]12)c1cc(-c2cccnc2)n[nH]1. The van der Waals surface area contributed by atoms with Gasteiger partial charge in [-0.2, -0.15) is 5.10 Å². The van der Waals surface area contributed by atoms with Gasteiger partial charge in [-0.25, -0.2) is 0 Å². The van der Waals surface area contributed by atoms with Crippen LogP contribution in [0.5, 0.6) is 0 Å². The average molecular weight is 339 g/mol. The second-order valence-corrected chi connectivity index (χ2v) is 7.12. The first kappa shape index (κ1) is 16.3. The second-order valence-electron chi connectivity index (χ2n) is 7.12. The fraction of sp³-hybridized carbons (Fsp3) is 0.526. The van der Waals surface area contributed by atoms with Crippen LogP contribution in [0.3, 0.4) is 0 Å². The number of nitrogens with one attached hydrogen (secondary N) is 2. The topological polar surface area (TPSA) is 73.9 Å². The molecule has 2 aromatic heterocycles. The van der Waals surface area contributed by atoms with E-state index < -0.39 is 0 Å². The van der Waals surface area contributed by atoms with Crippen molar-refractivity contribution in [3.63, 3.8) is 0 Å². The molecule has 25 heavy (non-hydrogen) atoms. The fourth-order valence-electron chi connectivity index (χ4n) is 4.23. The molecular formula is C19H25N5O. The molecule has 2 saturated heterocycles. The third-order valence-corrected chi connectivity index (χ3v) is 5.53. The number of H-pyrrole nitrogens is 1. The van der Waals surface area contributed by atoms with Gasteiger partial charge in [0.25, 0.3) is 5.91 Å². The van der Waals surface area contributed by atoms with E-state index in [0.717, 1.165) is 17.8 Å². The minimum atomic E-state index is -0.0735. The standard InChI is InChI=1S/C19H25N5O/c25-19(17-11-16(22-23-17)14-5-3-8-20-12-14)21-13-15-6-4-10-24-9-2-1-7-18(15)24/h3,5,8,11-12,15,18H,1-2,4,6-7,9-10,13H2,(H,21,25)(H,22,23)/t15-,18+/m0/s1. The maximum absolute atomic E-state index is 12.5. The van der Waals surface area contributed by atoms with Gasteiger partial charge in [0.2, 0.25) is 0 Å². The highest BCUT2D eigenvalue weighted by molar-refractivity contribution is 5.93. The summed E-state index contributed by atoms with van der Waals surface area (Å²) >= 11 is 0. The molecule has 6 heteroatoms. The number of carbonyl (C=O) groups excluding carboxylic acids is 1. The smallest absolute Gasteiger partial charge is 0.269 e. The molecule has 4 heterocycles. The number of aromatic amines is 1. The first-order valence-corrected chi connectivity index (χ1v) is 9.29. The van der Waals surface area contributed by atoms with E-state index in [0.29, 0.717) is 17.7 Å². The Morgan fingerprint density at radius 3 is 3.08 bits per heavy atom. The highest BCUT2D eigenvalue weighted by Crippen LogP contribution is 2.30. The molecule has 132 valence electrons. The molecule has 0 bridgehead atoms. The van der Waals surface area contributed by atoms with Gasteiger partial charge in [-0.15, -0.1) is 0 Å². The maximum Gasteiger partial charge on any atom is 0.269 e. The number of pyridine rings is 1. The number of carbonyl (C=O) groups is 1. The van der Waals surface area contributed by atoms with Crippen LogP contribution in [0.4, 0.5) is 0 Å². The maximum atomic E-state index is 12.5. The zero-order valence-electron chi connectivity index (χ0n) is 14.4. The van der Waals surface area contributed by atoms with E-state index in [1.54, 1.807) is 18.5 Å². The monoisotopic (exact) mass is 339 g/mol. The van der Waals surface area contributed by atoms with Gasteiger partial charge in [-0.1, -0.05) is 6.42 Å². The Hall–Kier alpha value is -2.21. The Morgan fingerprint density at radius 1 is 1.28 bits per heavy atom. The minimum Gasteiger partial charge on any atom is -0.350 e. The summed E-state index contributed by atoms with van der Waals surface area (Å²) in [5.74, 6) is 0.495. The third kappa shape index (κ3) is 3.58. The molecule has 0 spiro atoms. The minimum absolute atomic E-state index is 0.0735. The predicted molar refractivity (Wildman–Crippen MR) is 96.1 cm³/mol. The van der Waals surface area contributed by atoms with Crippen molar-refractivity contribution in [1.29, 1.82) is 0 Å². The van der Waals surface area contributed by atoms with Crippen molar-refractivity contribution >= 4 is 5.91 Å². The summed E-state index contributed by atoms with van der Waals surface area (Å²) in [5.41, 5.74) is 2.16. The number of piperidine rings is 2. The molecule has 4 rings (SSSR count). The van der Waals surface area contributed by atoms with Gasteiger partial charge in [0.15, 0.2) is 0 Å². The van der Waals surface area contributed by atoms with Gasteiger partial charge in [0.05, 0.1) is 5.69 Å². The van der Waals surface area contributed by atoms with Crippen LogP contribution in [0, 0.1) is 5.92 Å². The van der Waals surface area contributed by atoms with Crippen molar-refractivity contribution in [2.75, 3.05) is 19.6 Å². The van der Waals surface area contributed by atoms with Crippen molar-refractivity contribution in [1.82, 2.24) is 25.4 Å². The summed E-state index contributed by atoms with van der Waals surface area (Å²) in [6, 6.07) is 6.24. The molecule has 1 amide bonds. The van der Waals surface area contributed by atoms with E-state index in [2.05, 4.69) is 25.4 Å². The van der Waals surface area contributed by atoms with Gasteiger partial charge in [-0.3, -0.25) is 14.9 Å². The van der Waals surface area contributed by atoms with Crippen molar-refractivity contribution in [3.05, 3.63) is 36.3 Å². The molecule has 0 unspecified atom stereocenters. The number of nitrogens with zero attached hydrogens (tertiary/aromatic N) is 3. The van der Waals surface area contributed by atoms with Crippen LogP contribution in [-0.4, -0.2) is 51.7 Å². The van der Waals surface area contributed by atoms with Crippen molar-refractivity contribution in [3.8, 4) is 11.3 Å². The summed E-state index contributed by atoms with van der Waals surface area (Å²) in [4.78, 5) is 19.2. The zero-order valence-corrected chi connectivity index (χ0v) is 14.4. The van der Waals surface area contributed by atoms with Crippen LogP contribution in [0.2, 0.25) is 0 Å². The number of fused-ring (bicyclic) bond motifs is 1. The number of aromatic nitrogens is 3. The second kappa shape index (κ2) is 7.35. The largest absolute Gasteiger partial charge is 0.350 e. The van der Waals surface area contributed by atoms with Gasteiger partial charge in [0.1, 0.15) is 5.69 Å². The summed E-state index contributed by atoms with van der Waals surface area (Å²) < 4.78 is 0. The zero-order chi connectivity index (χ0) is 17.1. The molecule has 2 N–H and O–H groups in total. The Morgan fingerprint density at radius 2 is 2.20 bits per heavy atom. The average Bonchev–Trinajstić information content (AvgIpc) is 3.17. The molecule has 2 aliphatic heterocycles. The molecule has 2 aliphatic rings. The Balaban J connectivity index is 1.37. The van der Waals surface area contributed by atoms with E-state index in [-0.39, 0.29) is 5.91 Å². The number of amides is 1. The Labute approximate surface area is 148 Å². The van der Waals surface area contributed by atoms with E-state index in [1.807, 2.05) is 12.1 Å². The Bertz CT molecular complexity index is 712. The molecular weight excluding hydrogens is 314 g/mol. The fourth-order valence-corrected chi connectivity index (χ4v) is 4.23. The van der Waals surface area contributed by atoms with Crippen molar-refractivity contribution in [2.24, 2.45) is 5.92 Å². The van der Waals surface area contributed by atoms with Crippen LogP contribution < -0.4 is 5.32 Å². The van der Waals surface area contributed by atoms with Crippen molar-refractivity contribution < 1.29 is 4.79 Å². The molecule has 0 aliphatic carbocycles. The van der Waals surface area contributed by atoms with E-state index >= 15 is 0 Å². The lowest BCUT2D eigenvalue weighted by Crippen LogP contribution is -2.51. The number of hydrogen-bond acceptors (Lipinski definition) is 4. The van der Waals surface area contributed by atoms with Gasteiger partial charge in [0, 0.05) is 30.5 Å². The summed E-state index contributed by atoms with van der Waals surface area (Å²) in [5, 5.41) is 10.2. The summed E-state index contributed by atoms with van der Waals surface area (Å²) in [7, 11) is 0.